The minimum Gasteiger partial charge on any atom is -0.454 e. The number of ether oxygens (including phenoxy) is 2. The number of rotatable bonds is 7. The molecular weight excluding hydrogens is 446 g/mol. The molecule has 4 rings (SSSR count). The predicted molar refractivity (Wildman–Crippen MR) is 109 cm³/mol. The molecule has 0 saturated heterocycles. The quantitative estimate of drug-likeness (QED) is 0.306. The van der Waals surface area contributed by atoms with E-state index < -0.39 is 16.7 Å². The predicted octanol–water partition coefficient (Wildman–Crippen LogP) is 2.19. The van der Waals surface area contributed by atoms with E-state index >= 15 is 0 Å². The van der Waals surface area contributed by atoms with Gasteiger partial charge in [0.2, 0.25) is 12.6 Å². The third-order valence-electron chi connectivity index (χ3n) is 4.36. The largest absolute Gasteiger partial charge is 0.454 e. The van der Waals surface area contributed by atoms with Crippen LogP contribution >= 0.6 is 11.6 Å². The van der Waals surface area contributed by atoms with Gasteiger partial charge in [-0.25, -0.2) is 0 Å². The Labute approximate surface area is 184 Å². The van der Waals surface area contributed by atoms with Crippen molar-refractivity contribution in [1.82, 2.24) is 20.8 Å². The minimum atomic E-state index is -0.618. The standard InChI is InChI=1S/C19H14ClN5O7/c20-13-8-11(25(28)29)2-3-12(13)17(26)21-5-6-22-18(27)19-23-16(24-32-19)10-1-4-14-15(7-10)31-9-30-14/h1-4,7-8H,5-6,9H2,(H,21,26)(H,22,27). The van der Waals surface area contributed by atoms with Crippen LogP contribution in [0.25, 0.3) is 11.4 Å². The molecule has 164 valence electrons. The molecule has 0 aliphatic carbocycles. The molecule has 13 heteroatoms. The van der Waals surface area contributed by atoms with Crippen molar-refractivity contribution in [3.05, 3.63) is 63.0 Å². The summed E-state index contributed by atoms with van der Waals surface area (Å²) >= 11 is 5.92. The monoisotopic (exact) mass is 459 g/mol. The number of hydrogen-bond acceptors (Lipinski definition) is 9. The lowest BCUT2D eigenvalue weighted by Gasteiger charge is -2.07. The van der Waals surface area contributed by atoms with Crippen LogP contribution in [0.4, 0.5) is 5.69 Å². The van der Waals surface area contributed by atoms with Crippen molar-refractivity contribution in [2.75, 3.05) is 19.9 Å². The first kappa shape index (κ1) is 21.1. The molecule has 3 aromatic rings. The lowest BCUT2D eigenvalue weighted by Crippen LogP contribution is -2.34. The van der Waals surface area contributed by atoms with E-state index in [9.17, 15) is 19.7 Å². The Morgan fingerprint density at radius 3 is 2.56 bits per heavy atom. The summed E-state index contributed by atoms with van der Waals surface area (Å²) in [7, 11) is 0. The van der Waals surface area contributed by atoms with Crippen LogP contribution in [-0.2, 0) is 0 Å². The summed E-state index contributed by atoms with van der Waals surface area (Å²) in [4.78, 5) is 38.5. The third kappa shape index (κ3) is 4.44. The lowest BCUT2D eigenvalue weighted by molar-refractivity contribution is -0.384. The number of carbonyl (C=O) groups excluding carboxylic acids is 2. The van der Waals surface area contributed by atoms with Crippen LogP contribution in [0.5, 0.6) is 11.5 Å². The smallest absolute Gasteiger partial charge is 0.316 e. The molecule has 12 nitrogen and oxygen atoms in total. The van der Waals surface area contributed by atoms with Gasteiger partial charge in [-0.05, 0) is 24.3 Å². The summed E-state index contributed by atoms with van der Waals surface area (Å²) in [6.07, 6.45) is 0. The first-order valence-corrected chi connectivity index (χ1v) is 9.54. The van der Waals surface area contributed by atoms with E-state index in [1.54, 1.807) is 18.2 Å². The van der Waals surface area contributed by atoms with Crippen molar-refractivity contribution in [3.8, 4) is 22.9 Å². The topological polar surface area (TPSA) is 159 Å². The van der Waals surface area contributed by atoms with Crippen LogP contribution in [0.1, 0.15) is 21.0 Å². The average molecular weight is 460 g/mol. The van der Waals surface area contributed by atoms with E-state index in [4.69, 9.17) is 25.6 Å². The van der Waals surface area contributed by atoms with Gasteiger partial charge in [0.05, 0.1) is 15.5 Å². The van der Waals surface area contributed by atoms with E-state index in [1.807, 2.05) is 0 Å². The molecule has 0 atom stereocenters. The summed E-state index contributed by atoms with van der Waals surface area (Å²) in [5, 5.41) is 19.5. The summed E-state index contributed by atoms with van der Waals surface area (Å²) in [6, 6.07) is 8.60. The first-order valence-electron chi connectivity index (χ1n) is 9.16. The maximum atomic E-state index is 12.2. The fourth-order valence-electron chi connectivity index (χ4n) is 2.79. The lowest BCUT2D eigenvalue weighted by atomic mass is 10.2. The molecule has 2 amide bonds. The SMILES string of the molecule is O=C(NCCNC(=O)c1ccc([N+](=O)[O-])cc1Cl)c1nc(-c2ccc3c(c2)OCO3)no1. The number of aromatic nitrogens is 2. The van der Waals surface area contributed by atoms with Crippen LogP contribution < -0.4 is 20.1 Å². The second-order valence-corrected chi connectivity index (χ2v) is 6.83. The van der Waals surface area contributed by atoms with Crippen LogP contribution in [0.15, 0.2) is 40.9 Å². The second kappa shape index (κ2) is 8.89. The molecule has 2 aromatic carbocycles. The van der Waals surface area contributed by atoms with E-state index in [0.29, 0.717) is 17.1 Å². The molecule has 0 fully saturated rings. The third-order valence-corrected chi connectivity index (χ3v) is 4.67. The van der Waals surface area contributed by atoms with Gasteiger partial charge in [0, 0.05) is 30.8 Å². The molecule has 2 heterocycles. The highest BCUT2D eigenvalue weighted by atomic mass is 35.5. The van der Waals surface area contributed by atoms with Crippen LogP contribution in [0.2, 0.25) is 5.02 Å². The fourth-order valence-corrected chi connectivity index (χ4v) is 3.05. The number of fused-ring (bicyclic) bond motifs is 1. The number of amides is 2. The van der Waals surface area contributed by atoms with Crippen LogP contribution in [0.3, 0.4) is 0 Å². The van der Waals surface area contributed by atoms with Crippen molar-refractivity contribution in [2.24, 2.45) is 0 Å². The van der Waals surface area contributed by atoms with Crippen LogP contribution in [0, 0.1) is 10.1 Å². The molecule has 2 N–H and O–H groups in total. The van der Waals surface area contributed by atoms with E-state index in [0.717, 1.165) is 6.07 Å². The number of nitro groups is 1. The average Bonchev–Trinajstić information content (AvgIpc) is 3.45. The summed E-state index contributed by atoms with van der Waals surface area (Å²) < 4.78 is 15.5. The highest BCUT2D eigenvalue weighted by molar-refractivity contribution is 6.34. The minimum absolute atomic E-state index is 0.0531. The number of nitrogens with one attached hydrogen (secondary N) is 2. The Bertz CT molecular complexity index is 1210. The first-order chi connectivity index (χ1) is 15.4. The number of hydrogen-bond donors (Lipinski definition) is 2. The second-order valence-electron chi connectivity index (χ2n) is 6.42. The van der Waals surface area contributed by atoms with Gasteiger partial charge < -0.3 is 24.6 Å². The summed E-state index contributed by atoms with van der Waals surface area (Å²) in [5.41, 5.74) is 0.441. The summed E-state index contributed by atoms with van der Waals surface area (Å²) in [5.74, 6) is -0.0550. The molecule has 0 spiro atoms. The zero-order valence-electron chi connectivity index (χ0n) is 16.2. The molecule has 1 aliphatic heterocycles. The normalized spacial score (nSPS) is 11.8. The van der Waals surface area contributed by atoms with Crippen LogP contribution in [-0.4, -0.2) is 46.8 Å². The Hall–Kier alpha value is -4.19. The highest BCUT2D eigenvalue weighted by Gasteiger charge is 2.19. The van der Waals surface area contributed by atoms with Crippen molar-refractivity contribution >= 4 is 29.1 Å². The zero-order chi connectivity index (χ0) is 22.7. The van der Waals surface area contributed by atoms with E-state index in [1.165, 1.54) is 12.1 Å². The summed E-state index contributed by atoms with van der Waals surface area (Å²) in [6.45, 7) is 0.267. The Morgan fingerprint density at radius 2 is 1.81 bits per heavy atom. The molecule has 0 bridgehead atoms. The molecule has 0 saturated carbocycles. The van der Waals surface area contributed by atoms with Gasteiger partial charge in [-0.1, -0.05) is 16.8 Å². The van der Waals surface area contributed by atoms with Gasteiger partial charge in [-0.2, -0.15) is 4.98 Å². The molecule has 0 radical (unpaired) electrons. The van der Waals surface area contributed by atoms with Gasteiger partial charge in [0.1, 0.15) is 0 Å². The number of halogens is 1. The Balaban J connectivity index is 1.28. The number of non-ortho nitro benzene ring substituents is 1. The van der Waals surface area contributed by atoms with Gasteiger partial charge >= 0.3 is 11.8 Å². The van der Waals surface area contributed by atoms with Gasteiger partial charge in [-0.3, -0.25) is 19.7 Å². The maximum Gasteiger partial charge on any atom is 0.316 e. The number of carbonyl (C=O) groups is 2. The molecule has 0 unspecified atom stereocenters. The zero-order valence-corrected chi connectivity index (χ0v) is 16.9. The fraction of sp³-hybridized carbons (Fsp3) is 0.158. The molecule has 1 aromatic heterocycles. The molecule has 32 heavy (non-hydrogen) atoms. The van der Waals surface area contributed by atoms with Crippen molar-refractivity contribution in [1.29, 1.82) is 0 Å². The van der Waals surface area contributed by atoms with Gasteiger partial charge in [-0.15, -0.1) is 0 Å². The van der Waals surface area contributed by atoms with E-state index in [-0.39, 0.29) is 47.9 Å². The maximum absolute atomic E-state index is 12.2. The number of benzene rings is 2. The molecular formula is C19H14ClN5O7. The Morgan fingerprint density at radius 1 is 1.06 bits per heavy atom. The highest BCUT2D eigenvalue weighted by Crippen LogP contribution is 2.35. The van der Waals surface area contributed by atoms with Crippen molar-refractivity contribution < 1.29 is 28.5 Å². The Kier molecular flexibility index (Phi) is 5.85. The van der Waals surface area contributed by atoms with Crippen molar-refractivity contribution in [3.63, 3.8) is 0 Å². The number of nitrogens with zero attached hydrogens (tertiary/aromatic N) is 3. The van der Waals surface area contributed by atoms with Gasteiger partial charge in [0.15, 0.2) is 11.5 Å². The number of nitro benzene ring substituents is 1. The molecule has 1 aliphatic rings. The van der Waals surface area contributed by atoms with Gasteiger partial charge in [0.25, 0.3) is 11.6 Å². The van der Waals surface area contributed by atoms with Crippen molar-refractivity contribution in [2.45, 2.75) is 0 Å². The van der Waals surface area contributed by atoms with E-state index in [2.05, 4.69) is 20.8 Å².